The SMILES string of the molecule is CN1CC(Nc2ccccc2N)C1. The maximum Gasteiger partial charge on any atom is 0.0576 e. The van der Waals surface area contributed by atoms with Crippen LogP contribution < -0.4 is 11.1 Å². The minimum absolute atomic E-state index is 0.565. The second-order valence-corrected chi connectivity index (χ2v) is 3.65. The van der Waals surface area contributed by atoms with Crippen molar-refractivity contribution in [2.45, 2.75) is 6.04 Å². The molecule has 1 aromatic carbocycles. The summed E-state index contributed by atoms with van der Waals surface area (Å²) in [6.45, 7) is 2.21. The van der Waals surface area contributed by atoms with Crippen molar-refractivity contribution in [1.29, 1.82) is 0 Å². The predicted octanol–water partition coefficient (Wildman–Crippen LogP) is 0.995. The molecule has 0 unspecified atom stereocenters. The molecule has 2 rings (SSSR count). The Bertz CT molecular complexity index is 292. The van der Waals surface area contributed by atoms with Crippen molar-refractivity contribution in [3.05, 3.63) is 24.3 Å². The average molecular weight is 177 g/mol. The van der Waals surface area contributed by atoms with Gasteiger partial charge in [0.25, 0.3) is 0 Å². The maximum absolute atomic E-state index is 5.81. The van der Waals surface area contributed by atoms with Gasteiger partial charge in [-0.15, -0.1) is 0 Å². The van der Waals surface area contributed by atoms with Crippen LogP contribution in [0.4, 0.5) is 11.4 Å². The molecule has 3 N–H and O–H groups in total. The Morgan fingerprint density at radius 2 is 2.08 bits per heavy atom. The van der Waals surface area contributed by atoms with Crippen LogP contribution in [0, 0.1) is 0 Å². The first-order valence-electron chi connectivity index (χ1n) is 4.55. The summed E-state index contributed by atoms with van der Waals surface area (Å²) in [5, 5.41) is 3.41. The van der Waals surface area contributed by atoms with Gasteiger partial charge in [0, 0.05) is 13.1 Å². The lowest BCUT2D eigenvalue weighted by atomic mass is 10.1. The molecule has 0 radical (unpaired) electrons. The van der Waals surface area contributed by atoms with Crippen molar-refractivity contribution < 1.29 is 0 Å². The molecule has 0 saturated carbocycles. The van der Waals surface area contributed by atoms with Crippen LogP contribution in [-0.4, -0.2) is 31.1 Å². The fraction of sp³-hybridized carbons (Fsp3) is 0.400. The van der Waals surface area contributed by atoms with E-state index in [4.69, 9.17) is 5.73 Å². The molecule has 1 fully saturated rings. The van der Waals surface area contributed by atoms with Crippen molar-refractivity contribution in [1.82, 2.24) is 4.90 Å². The van der Waals surface area contributed by atoms with E-state index >= 15 is 0 Å². The van der Waals surface area contributed by atoms with Crippen LogP contribution in [0.1, 0.15) is 0 Å². The summed E-state index contributed by atoms with van der Waals surface area (Å²) in [5.74, 6) is 0. The number of nitrogens with zero attached hydrogens (tertiary/aromatic N) is 1. The number of nitrogens with two attached hydrogens (primary N) is 1. The van der Waals surface area contributed by atoms with E-state index in [1.807, 2.05) is 24.3 Å². The molecule has 1 aliphatic heterocycles. The molecule has 0 amide bonds. The molecule has 0 bridgehead atoms. The van der Waals surface area contributed by atoms with Crippen LogP contribution in [0.3, 0.4) is 0 Å². The number of likely N-dealkylation sites (N-methyl/N-ethyl adjacent to an activating group) is 1. The summed E-state index contributed by atoms with van der Waals surface area (Å²) in [7, 11) is 2.12. The zero-order valence-corrected chi connectivity index (χ0v) is 7.83. The lowest BCUT2D eigenvalue weighted by Crippen LogP contribution is -2.52. The lowest BCUT2D eigenvalue weighted by molar-refractivity contribution is 0.205. The van der Waals surface area contributed by atoms with Gasteiger partial charge in [-0.25, -0.2) is 0 Å². The highest BCUT2D eigenvalue weighted by Gasteiger charge is 2.22. The summed E-state index contributed by atoms with van der Waals surface area (Å²) in [5.41, 5.74) is 7.69. The number of nitrogens with one attached hydrogen (secondary N) is 1. The van der Waals surface area contributed by atoms with Gasteiger partial charge in [-0.3, -0.25) is 0 Å². The second kappa shape index (κ2) is 3.26. The third-order valence-corrected chi connectivity index (χ3v) is 2.38. The molecule has 1 heterocycles. The van der Waals surface area contributed by atoms with Crippen LogP contribution in [0.15, 0.2) is 24.3 Å². The van der Waals surface area contributed by atoms with E-state index in [0.717, 1.165) is 24.5 Å². The number of para-hydroxylation sites is 2. The molecule has 13 heavy (non-hydrogen) atoms. The Hall–Kier alpha value is -1.22. The molecule has 3 heteroatoms. The number of hydrogen-bond acceptors (Lipinski definition) is 3. The standard InChI is InChI=1S/C10H15N3/c1-13-6-8(7-13)12-10-5-3-2-4-9(10)11/h2-5,8,12H,6-7,11H2,1H3. The highest BCUT2D eigenvalue weighted by atomic mass is 15.2. The molecule has 1 aliphatic rings. The summed E-state index contributed by atoms with van der Waals surface area (Å²) < 4.78 is 0. The van der Waals surface area contributed by atoms with Crippen molar-refractivity contribution >= 4 is 11.4 Å². The van der Waals surface area contributed by atoms with Gasteiger partial charge in [0.15, 0.2) is 0 Å². The zero-order valence-electron chi connectivity index (χ0n) is 7.83. The number of likely N-dealkylation sites (tertiary alicyclic amines) is 1. The van der Waals surface area contributed by atoms with Gasteiger partial charge < -0.3 is 16.0 Å². The van der Waals surface area contributed by atoms with E-state index in [9.17, 15) is 0 Å². The first kappa shape index (κ1) is 8.38. The summed E-state index contributed by atoms with van der Waals surface area (Å²) >= 11 is 0. The topological polar surface area (TPSA) is 41.3 Å². The molecular formula is C10H15N3. The van der Waals surface area contributed by atoms with E-state index in [-0.39, 0.29) is 0 Å². The quantitative estimate of drug-likeness (QED) is 0.662. The molecule has 0 atom stereocenters. The monoisotopic (exact) mass is 177 g/mol. The van der Waals surface area contributed by atoms with Gasteiger partial charge in [-0.05, 0) is 19.2 Å². The lowest BCUT2D eigenvalue weighted by Gasteiger charge is -2.37. The normalized spacial score (nSPS) is 18.2. The molecule has 0 spiro atoms. The smallest absolute Gasteiger partial charge is 0.0576 e. The minimum atomic E-state index is 0.565. The molecule has 3 nitrogen and oxygen atoms in total. The van der Waals surface area contributed by atoms with E-state index in [1.165, 1.54) is 0 Å². The van der Waals surface area contributed by atoms with Crippen molar-refractivity contribution in [2.24, 2.45) is 0 Å². The fourth-order valence-electron chi connectivity index (χ4n) is 1.64. The Balaban J connectivity index is 1.98. The molecule has 1 saturated heterocycles. The molecule has 0 aliphatic carbocycles. The highest BCUT2D eigenvalue weighted by Crippen LogP contribution is 2.20. The van der Waals surface area contributed by atoms with Crippen LogP contribution in [-0.2, 0) is 0 Å². The van der Waals surface area contributed by atoms with Crippen LogP contribution in [0.5, 0.6) is 0 Å². The largest absolute Gasteiger partial charge is 0.397 e. The first-order chi connectivity index (χ1) is 6.25. The summed E-state index contributed by atoms with van der Waals surface area (Å²) in [6, 6.07) is 8.46. The molecule has 1 aromatic rings. The maximum atomic E-state index is 5.81. The predicted molar refractivity (Wildman–Crippen MR) is 55.8 cm³/mol. The second-order valence-electron chi connectivity index (χ2n) is 3.65. The summed E-state index contributed by atoms with van der Waals surface area (Å²) in [6.07, 6.45) is 0. The highest BCUT2D eigenvalue weighted by molar-refractivity contribution is 5.66. The van der Waals surface area contributed by atoms with E-state index < -0.39 is 0 Å². The van der Waals surface area contributed by atoms with Gasteiger partial charge in [0.1, 0.15) is 0 Å². The minimum Gasteiger partial charge on any atom is -0.397 e. The number of rotatable bonds is 2. The molecular weight excluding hydrogens is 162 g/mol. The van der Waals surface area contributed by atoms with Gasteiger partial charge >= 0.3 is 0 Å². The first-order valence-corrected chi connectivity index (χ1v) is 4.55. The third kappa shape index (κ3) is 1.75. The van der Waals surface area contributed by atoms with Gasteiger partial charge in [0.05, 0.1) is 17.4 Å². The molecule has 0 aromatic heterocycles. The number of nitrogen functional groups attached to an aromatic ring is 1. The van der Waals surface area contributed by atoms with Crippen molar-refractivity contribution in [3.63, 3.8) is 0 Å². The third-order valence-electron chi connectivity index (χ3n) is 2.38. The van der Waals surface area contributed by atoms with Gasteiger partial charge in [-0.1, -0.05) is 12.1 Å². The van der Waals surface area contributed by atoms with Crippen LogP contribution in [0.25, 0.3) is 0 Å². The van der Waals surface area contributed by atoms with Crippen LogP contribution >= 0.6 is 0 Å². The van der Waals surface area contributed by atoms with E-state index in [1.54, 1.807) is 0 Å². The molecule has 70 valence electrons. The number of anilines is 2. The van der Waals surface area contributed by atoms with Gasteiger partial charge in [-0.2, -0.15) is 0 Å². The van der Waals surface area contributed by atoms with E-state index in [0.29, 0.717) is 6.04 Å². The fourth-order valence-corrected chi connectivity index (χ4v) is 1.64. The van der Waals surface area contributed by atoms with E-state index in [2.05, 4.69) is 17.3 Å². The Morgan fingerprint density at radius 3 is 2.69 bits per heavy atom. The Kier molecular flexibility index (Phi) is 2.10. The number of benzene rings is 1. The zero-order chi connectivity index (χ0) is 9.26. The van der Waals surface area contributed by atoms with Crippen molar-refractivity contribution in [2.75, 3.05) is 31.2 Å². The summed E-state index contributed by atoms with van der Waals surface area (Å²) in [4.78, 5) is 2.27. The van der Waals surface area contributed by atoms with Crippen molar-refractivity contribution in [3.8, 4) is 0 Å². The van der Waals surface area contributed by atoms with Crippen LogP contribution in [0.2, 0.25) is 0 Å². The Labute approximate surface area is 78.5 Å². The number of hydrogen-bond donors (Lipinski definition) is 2. The average Bonchev–Trinajstić information content (AvgIpc) is 2.06. The van der Waals surface area contributed by atoms with Gasteiger partial charge in [0.2, 0.25) is 0 Å². The Morgan fingerprint density at radius 1 is 1.38 bits per heavy atom.